The smallest absolute Gasteiger partial charge is 0.350 e. The Kier molecular flexibility index (Phi) is 3.70. The number of thioether (sulfide) groups is 1. The maximum absolute atomic E-state index is 12.3. The molecule has 0 saturated carbocycles. The van der Waals surface area contributed by atoms with E-state index in [1.54, 1.807) is 6.26 Å². The van der Waals surface area contributed by atoms with Crippen LogP contribution in [0, 0.1) is 6.92 Å². The highest BCUT2D eigenvalue weighted by Gasteiger charge is 2.16. The first-order valence-electron chi connectivity index (χ1n) is 7.42. The molecule has 7 heteroatoms. The molecule has 0 aliphatic heterocycles. The average Bonchev–Trinajstić information content (AvgIpc) is 3.21. The molecule has 120 valence electrons. The van der Waals surface area contributed by atoms with Gasteiger partial charge in [-0.05, 0) is 24.6 Å². The normalized spacial score (nSPS) is 11.2. The third-order valence-corrected chi connectivity index (χ3v) is 4.54. The number of rotatable bonds is 4. The molecule has 0 radical (unpaired) electrons. The molecule has 6 nitrogen and oxygen atoms in total. The van der Waals surface area contributed by atoms with Crippen molar-refractivity contribution in [3.05, 3.63) is 70.7 Å². The number of hydrogen-bond acceptors (Lipinski definition) is 5. The molecule has 1 aromatic carbocycles. The summed E-state index contributed by atoms with van der Waals surface area (Å²) in [5.74, 6) is 1.43. The number of fused-ring (bicyclic) bond motifs is 1. The van der Waals surface area contributed by atoms with E-state index in [1.165, 1.54) is 16.3 Å². The molecular formula is C17H14N4O2S. The van der Waals surface area contributed by atoms with Crippen molar-refractivity contribution in [2.75, 3.05) is 0 Å². The number of benzene rings is 1. The van der Waals surface area contributed by atoms with E-state index < -0.39 is 0 Å². The van der Waals surface area contributed by atoms with Crippen LogP contribution in [-0.2, 0) is 5.75 Å². The highest BCUT2D eigenvalue weighted by atomic mass is 32.2. The van der Waals surface area contributed by atoms with Crippen molar-refractivity contribution < 1.29 is 4.42 Å². The second kappa shape index (κ2) is 6.01. The van der Waals surface area contributed by atoms with Crippen molar-refractivity contribution in [1.82, 2.24) is 19.6 Å². The van der Waals surface area contributed by atoms with Crippen LogP contribution in [0.25, 0.3) is 16.8 Å². The summed E-state index contributed by atoms with van der Waals surface area (Å²) in [4.78, 5) is 19.7. The maximum Gasteiger partial charge on any atom is 0.350 e. The molecule has 3 heterocycles. The Morgan fingerprint density at radius 3 is 2.79 bits per heavy atom. The van der Waals surface area contributed by atoms with Gasteiger partial charge in [0.05, 0.1) is 17.7 Å². The summed E-state index contributed by atoms with van der Waals surface area (Å²) in [7, 11) is 0. The van der Waals surface area contributed by atoms with Crippen LogP contribution in [0.3, 0.4) is 0 Å². The highest BCUT2D eigenvalue weighted by molar-refractivity contribution is 7.98. The quantitative estimate of drug-likeness (QED) is 0.578. The first-order chi connectivity index (χ1) is 11.7. The maximum atomic E-state index is 12.3. The summed E-state index contributed by atoms with van der Waals surface area (Å²) in [6.45, 7) is 1.88. The summed E-state index contributed by atoms with van der Waals surface area (Å²) in [6, 6.07) is 13.6. The van der Waals surface area contributed by atoms with Gasteiger partial charge in [-0.3, -0.25) is 4.98 Å². The topological polar surface area (TPSA) is 76.2 Å². The fraction of sp³-hybridized carbons (Fsp3) is 0.118. The Balaban J connectivity index is 1.80. The van der Waals surface area contributed by atoms with E-state index in [0.717, 1.165) is 22.6 Å². The summed E-state index contributed by atoms with van der Waals surface area (Å²) in [5.41, 5.74) is 2.90. The summed E-state index contributed by atoms with van der Waals surface area (Å²) in [5, 5.41) is 4.87. The Morgan fingerprint density at radius 2 is 2.04 bits per heavy atom. The number of H-pyrrole nitrogens is 1. The fourth-order valence-corrected chi connectivity index (χ4v) is 3.33. The Hall–Kier alpha value is -2.80. The third kappa shape index (κ3) is 2.63. The molecule has 0 aliphatic rings. The van der Waals surface area contributed by atoms with E-state index in [-0.39, 0.29) is 5.69 Å². The molecule has 0 saturated heterocycles. The van der Waals surface area contributed by atoms with E-state index in [0.29, 0.717) is 16.6 Å². The Bertz CT molecular complexity index is 1040. The fourth-order valence-electron chi connectivity index (χ4n) is 2.57. The van der Waals surface area contributed by atoms with Crippen LogP contribution in [0.4, 0.5) is 0 Å². The molecule has 24 heavy (non-hydrogen) atoms. The zero-order valence-corrected chi connectivity index (χ0v) is 13.7. The molecule has 4 aromatic rings. The zero-order chi connectivity index (χ0) is 16.5. The Morgan fingerprint density at radius 1 is 1.21 bits per heavy atom. The van der Waals surface area contributed by atoms with Crippen LogP contribution in [0.15, 0.2) is 63.1 Å². The van der Waals surface area contributed by atoms with Gasteiger partial charge in [0, 0.05) is 5.56 Å². The average molecular weight is 338 g/mol. The van der Waals surface area contributed by atoms with Crippen LogP contribution in [0.5, 0.6) is 0 Å². The van der Waals surface area contributed by atoms with E-state index in [9.17, 15) is 4.79 Å². The highest BCUT2D eigenvalue weighted by Crippen LogP contribution is 2.27. The second-order valence-corrected chi connectivity index (χ2v) is 6.24. The number of nitrogens with zero attached hydrogens (tertiary/aromatic N) is 3. The SMILES string of the molecule is Cc1nn2c(=O)[nH]c(SCc3ccco3)nc2c1-c1ccccc1. The lowest BCUT2D eigenvalue weighted by atomic mass is 10.1. The van der Waals surface area contributed by atoms with E-state index in [1.807, 2.05) is 49.4 Å². The second-order valence-electron chi connectivity index (χ2n) is 5.28. The zero-order valence-electron chi connectivity index (χ0n) is 12.9. The van der Waals surface area contributed by atoms with Gasteiger partial charge < -0.3 is 4.42 Å². The molecule has 1 N–H and O–H groups in total. The largest absolute Gasteiger partial charge is 0.468 e. The summed E-state index contributed by atoms with van der Waals surface area (Å²) >= 11 is 1.42. The number of furan rings is 1. The van der Waals surface area contributed by atoms with Crippen molar-refractivity contribution in [2.45, 2.75) is 17.8 Å². The third-order valence-electron chi connectivity index (χ3n) is 3.64. The predicted molar refractivity (Wildman–Crippen MR) is 92.0 cm³/mol. The van der Waals surface area contributed by atoms with Crippen molar-refractivity contribution in [3.8, 4) is 11.1 Å². The van der Waals surface area contributed by atoms with Crippen molar-refractivity contribution >= 4 is 17.4 Å². The van der Waals surface area contributed by atoms with E-state index in [2.05, 4.69) is 15.1 Å². The molecule has 0 fully saturated rings. The first kappa shape index (κ1) is 14.8. The number of nitrogens with one attached hydrogen (secondary N) is 1. The summed E-state index contributed by atoms with van der Waals surface area (Å²) in [6.07, 6.45) is 1.63. The lowest BCUT2D eigenvalue weighted by molar-refractivity contribution is 0.530. The van der Waals surface area contributed by atoms with E-state index in [4.69, 9.17) is 4.42 Å². The summed E-state index contributed by atoms with van der Waals surface area (Å²) < 4.78 is 6.63. The monoisotopic (exact) mass is 338 g/mol. The molecule has 0 bridgehead atoms. The van der Waals surface area contributed by atoms with Gasteiger partial charge in [0.25, 0.3) is 0 Å². The molecule has 4 rings (SSSR count). The lowest BCUT2D eigenvalue weighted by Crippen LogP contribution is -2.19. The van der Waals surface area contributed by atoms with Crippen molar-refractivity contribution in [2.24, 2.45) is 0 Å². The molecule has 0 atom stereocenters. The molecular weight excluding hydrogens is 324 g/mol. The number of aromatic nitrogens is 4. The minimum atomic E-state index is -0.299. The Labute approximate surface area is 141 Å². The van der Waals surface area contributed by atoms with E-state index >= 15 is 0 Å². The molecule has 0 unspecified atom stereocenters. The number of aromatic amines is 1. The molecule has 0 spiro atoms. The van der Waals surface area contributed by atoms with Gasteiger partial charge in [-0.1, -0.05) is 42.1 Å². The molecule has 0 amide bonds. The minimum Gasteiger partial charge on any atom is -0.468 e. The van der Waals surface area contributed by atoms with Crippen LogP contribution in [0.2, 0.25) is 0 Å². The van der Waals surface area contributed by atoms with Gasteiger partial charge in [0.15, 0.2) is 10.8 Å². The number of hydrogen-bond donors (Lipinski definition) is 1. The van der Waals surface area contributed by atoms with Crippen LogP contribution >= 0.6 is 11.8 Å². The van der Waals surface area contributed by atoms with Gasteiger partial charge in [0.1, 0.15) is 5.76 Å². The predicted octanol–water partition coefficient (Wildman–Crippen LogP) is 3.28. The number of aryl methyl sites for hydroxylation is 1. The van der Waals surface area contributed by atoms with Crippen LogP contribution in [0.1, 0.15) is 11.5 Å². The van der Waals surface area contributed by atoms with Gasteiger partial charge in [0.2, 0.25) is 0 Å². The van der Waals surface area contributed by atoms with Crippen molar-refractivity contribution in [1.29, 1.82) is 0 Å². The lowest BCUT2D eigenvalue weighted by Gasteiger charge is -2.02. The molecule has 3 aromatic heterocycles. The van der Waals surface area contributed by atoms with Gasteiger partial charge >= 0.3 is 5.69 Å². The van der Waals surface area contributed by atoms with Gasteiger partial charge in [-0.25, -0.2) is 9.78 Å². The van der Waals surface area contributed by atoms with Crippen LogP contribution < -0.4 is 5.69 Å². The van der Waals surface area contributed by atoms with Gasteiger partial charge in [-0.2, -0.15) is 9.61 Å². The van der Waals surface area contributed by atoms with Gasteiger partial charge in [-0.15, -0.1) is 0 Å². The minimum absolute atomic E-state index is 0.299. The first-order valence-corrected chi connectivity index (χ1v) is 8.41. The standard InChI is InChI=1S/C17H14N4O2S/c1-11-14(12-6-3-2-4-7-12)15-18-16(19-17(22)21(15)20-11)24-10-13-8-5-9-23-13/h2-9H,10H2,1H3,(H,18,19,22). The van der Waals surface area contributed by atoms with Crippen LogP contribution in [-0.4, -0.2) is 19.6 Å². The molecule has 0 aliphatic carbocycles. The van der Waals surface area contributed by atoms with Crippen molar-refractivity contribution in [3.63, 3.8) is 0 Å².